The highest BCUT2D eigenvalue weighted by Crippen LogP contribution is 2.20. The van der Waals surface area contributed by atoms with Crippen LogP contribution in [0.3, 0.4) is 0 Å². The Morgan fingerprint density at radius 1 is 1.26 bits per heavy atom. The Labute approximate surface area is 113 Å². The fourth-order valence-corrected chi connectivity index (χ4v) is 3.01. The molecular weight excluding hydrogens is 262 g/mol. The van der Waals surface area contributed by atoms with Crippen molar-refractivity contribution in [3.63, 3.8) is 0 Å². The van der Waals surface area contributed by atoms with Crippen molar-refractivity contribution in [2.24, 2.45) is 0 Å². The van der Waals surface area contributed by atoms with Gasteiger partial charge in [-0.2, -0.15) is 0 Å². The van der Waals surface area contributed by atoms with Crippen molar-refractivity contribution in [1.82, 2.24) is 9.55 Å². The molecule has 0 saturated heterocycles. The Morgan fingerprint density at radius 2 is 1.95 bits per heavy atom. The first-order chi connectivity index (χ1) is 8.98. The molecule has 0 aliphatic rings. The van der Waals surface area contributed by atoms with E-state index < -0.39 is 10.0 Å². The van der Waals surface area contributed by atoms with Gasteiger partial charge < -0.3 is 4.57 Å². The first kappa shape index (κ1) is 13.6. The number of hydrogen-bond donors (Lipinski definition) is 1. The maximum absolute atomic E-state index is 12.1. The van der Waals surface area contributed by atoms with Crippen LogP contribution in [0.4, 0.5) is 5.69 Å². The molecule has 1 aromatic heterocycles. The summed E-state index contributed by atoms with van der Waals surface area (Å²) in [4.78, 5) is 3.88. The summed E-state index contributed by atoms with van der Waals surface area (Å²) in [6.45, 7) is 4.17. The Kier molecular flexibility index (Phi) is 3.90. The third-order valence-electron chi connectivity index (χ3n) is 2.92. The molecule has 0 aliphatic heterocycles. The fraction of sp³-hybridized carbons (Fsp3) is 0.308. The minimum Gasteiger partial charge on any atom is -0.336 e. The molecule has 0 radical (unpaired) electrons. The van der Waals surface area contributed by atoms with E-state index in [1.54, 1.807) is 23.3 Å². The van der Waals surface area contributed by atoms with Gasteiger partial charge in [-0.3, -0.25) is 4.72 Å². The molecule has 0 bridgehead atoms. The van der Waals surface area contributed by atoms with Crippen LogP contribution in [0.25, 0.3) is 0 Å². The average molecular weight is 279 g/mol. The zero-order chi connectivity index (χ0) is 13.9. The highest BCUT2D eigenvalue weighted by Gasteiger charge is 2.13. The maximum atomic E-state index is 12.1. The highest BCUT2D eigenvalue weighted by atomic mass is 32.2. The van der Waals surface area contributed by atoms with Gasteiger partial charge in [0.1, 0.15) is 0 Å². The predicted octanol–water partition coefficient (Wildman–Crippen LogP) is 1.94. The van der Waals surface area contributed by atoms with E-state index in [1.807, 2.05) is 32.0 Å². The van der Waals surface area contributed by atoms with Gasteiger partial charge in [-0.15, -0.1) is 0 Å². The molecule has 2 aromatic rings. The first-order valence-electron chi connectivity index (χ1n) is 6.00. The quantitative estimate of drug-likeness (QED) is 0.909. The van der Waals surface area contributed by atoms with E-state index in [-0.39, 0.29) is 5.75 Å². The molecule has 1 aromatic carbocycles. The Hall–Kier alpha value is -1.82. The minimum absolute atomic E-state index is 0.0249. The molecule has 6 heteroatoms. The van der Waals surface area contributed by atoms with Gasteiger partial charge in [0.15, 0.2) is 0 Å². The van der Waals surface area contributed by atoms with Crippen LogP contribution in [0.2, 0.25) is 0 Å². The van der Waals surface area contributed by atoms with Crippen LogP contribution in [0.15, 0.2) is 36.9 Å². The zero-order valence-electron chi connectivity index (χ0n) is 11.0. The Morgan fingerprint density at radius 3 is 2.53 bits per heavy atom. The standard InChI is InChI=1S/C13H17N3O2S/c1-11-4-3-5-12(2)13(11)15-19(17,18)9-8-16-7-6-14-10-16/h3-7,10,15H,8-9H2,1-2H3. The van der Waals surface area contributed by atoms with Crippen LogP contribution in [0.5, 0.6) is 0 Å². The van der Waals surface area contributed by atoms with Crippen molar-refractivity contribution < 1.29 is 8.42 Å². The van der Waals surface area contributed by atoms with Gasteiger partial charge in [-0.05, 0) is 25.0 Å². The van der Waals surface area contributed by atoms with Gasteiger partial charge in [0.25, 0.3) is 0 Å². The lowest BCUT2D eigenvalue weighted by Gasteiger charge is -2.13. The molecule has 0 amide bonds. The topological polar surface area (TPSA) is 64.0 Å². The van der Waals surface area contributed by atoms with Crippen LogP contribution < -0.4 is 4.72 Å². The Bertz CT molecular complexity index is 628. The minimum atomic E-state index is -3.35. The summed E-state index contributed by atoms with van der Waals surface area (Å²) in [5.74, 6) is 0.0249. The molecule has 0 fully saturated rings. The van der Waals surface area contributed by atoms with E-state index in [4.69, 9.17) is 0 Å². The second-order valence-corrected chi connectivity index (χ2v) is 6.33. The van der Waals surface area contributed by atoms with Gasteiger partial charge in [0.2, 0.25) is 10.0 Å². The van der Waals surface area contributed by atoms with E-state index in [0.717, 1.165) is 11.1 Å². The van der Waals surface area contributed by atoms with E-state index in [1.165, 1.54) is 0 Å². The molecule has 0 atom stereocenters. The summed E-state index contributed by atoms with van der Waals surface area (Å²) in [6, 6.07) is 5.69. The molecule has 2 rings (SSSR count). The maximum Gasteiger partial charge on any atom is 0.234 e. The second kappa shape index (κ2) is 5.44. The van der Waals surface area contributed by atoms with E-state index in [2.05, 4.69) is 9.71 Å². The number of anilines is 1. The number of hydrogen-bond acceptors (Lipinski definition) is 3. The number of aryl methyl sites for hydroxylation is 3. The number of aromatic nitrogens is 2. The lowest BCUT2D eigenvalue weighted by Crippen LogP contribution is -2.21. The molecule has 1 heterocycles. The second-order valence-electron chi connectivity index (χ2n) is 4.49. The van der Waals surface area contributed by atoms with Crippen LogP contribution in [0, 0.1) is 13.8 Å². The predicted molar refractivity (Wildman–Crippen MR) is 75.6 cm³/mol. The summed E-state index contributed by atoms with van der Waals surface area (Å²) in [7, 11) is -3.35. The summed E-state index contributed by atoms with van der Waals surface area (Å²) >= 11 is 0. The molecule has 0 aliphatic carbocycles. The van der Waals surface area contributed by atoms with Gasteiger partial charge in [0, 0.05) is 18.9 Å². The first-order valence-corrected chi connectivity index (χ1v) is 7.65. The average Bonchev–Trinajstić information content (AvgIpc) is 2.85. The number of sulfonamides is 1. The summed E-state index contributed by atoms with van der Waals surface area (Å²) < 4.78 is 28.5. The van der Waals surface area contributed by atoms with Gasteiger partial charge in [0.05, 0.1) is 17.8 Å². The largest absolute Gasteiger partial charge is 0.336 e. The number of imidazole rings is 1. The zero-order valence-corrected chi connectivity index (χ0v) is 11.8. The van der Waals surface area contributed by atoms with E-state index in [0.29, 0.717) is 12.2 Å². The number of nitrogens with one attached hydrogen (secondary N) is 1. The molecule has 0 unspecified atom stereocenters. The lowest BCUT2D eigenvalue weighted by molar-refractivity contribution is 0.594. The number of rotatable bonds is 5. The SMILES string of the molecule is Cc1cccc(C)c1NS(=O)(=O)CCn1ccnc1. The van der Waals surface area contributed by atoms with Gasteiger partial charge in [-0.25, -0.2) is 13.4 Å². The van der Waals surface area contributed by atoms with Crippen molar-refractivity contribution in [2.75, 3.05) is 10.5 Å². The summed E-state index contributed by atoms with van der Waals surface area (Å²) in [5.41, 5.74) is 2.52. The fourth-order valence-electron chi connectivity index (χ4n) is 1.83. The molecule has 19 heavy (non-hydrogen) atoms. The summed E-state index contributed by atoms with van der Waals surface area (Å²) in [6.07, 6.45) is 4.98. The van der Waals surface area contributed by atoms with Crippen molar-refractivity contribution in [1.29, 1.82) is 0 Å². The van der Waals surface area contributed by atoms with Crippen molar-refractivity contribution >= 4 is 15.7 Å². The molecular formula is C13H17N3O2S. The van der Waals surface area contributed by atoms with Gasteiger partial charge in [-0.1, -0.05) is 18.2 Å². The van der Waals surface area contributed by atoms with Crippen LogP contribution in [-0.4, -0.2) is 23.7 Å². The molecule has 102 valence electrons. The van der Waals surface area contributed by atoms with Gasteiger partial charge >= 0.3 is 0 Å². The number of para-hydroxylation sites is 1. The van der Waals surface area contributed by atoms with Crippen LogP contribution in [-0.2, 0) is 16.6 Å². The van der Waals surface area contributed by atoms with Crippen LogP contribution >= 0.6 is 0 Å². The van der Waals surface area contributed by atoms with Crippen molar-refractivity contribution in [2.45, 2.75) is 20.4 Å². The molecule has 0 spiro atoms. The van der Waals surface area contributed by atoms with E-state index >= 15 is 0 Å². The monoisotopic (exact) mass is 279 g/mol. The molecule has 0 saturated carbocycles. The third kappa shape index (κ3) is 3.57. The third-order valence-corrected chi connectivity index (χ3v) is 4.15. The Balaban J connectivity index is 2.09. The van der Waals surface area contributed by atoms with Crippen molar-refractivity contribution in [3.8, 4) is 0 Å². The number of nitrogens with zero attached hydrogens (tertiary/aromatic N) is 2. The number of benzene rings is 1. The van der Waals surface area contributed by atoms with Crippen molar-refractivity contribution in [3.05, 3.63) is 48.0 Å². The summed E-state index contributed by atoms with van der Waals surface area (Å²) in [5, 5.41) is 0. The highest BCUT2D eigenvalue weighted by molar-refractivity contribution is 7.92. The molecule has 1 N–H and O–H groups in total. The normalized spacial score (nSPS) is 11.5. The van der Waals surface area contributed by atoms with E-state index in [9.17, 15) is 8.42 Å². The molecule has 5 nitrogen and oxygen atoms in total. The smallest absolute Gasteiger partial charge is 0.234 e. The lowest BCUT2D eigenvalue weighted by atomic mass is 10.1. The van der Waals surface area contributed by atoms with Crippen LogP contribution in [0.1, 0.15) is 11.1 Å².